The first-order chi connectivity index (χ1) is 11.7. The zero-order chi connectivity index (χ0) is 16.9. The number of carbonyl (C=O) groups excluding carboxylic acids is 1. The van der Waals surface area contributed by atoms with E-state index >= 15 is 0 Å². The van der Waals surface area contributed by atoms with E-state index in [0.717, 1.165) is 36.1 Å². The molecule has 1 aromatic carbocycles. The van der Waals surface area contributed by atoms with E-state index in [1.54, 1.807) is 0 Å². The summed E-state index contributed by atoms with van der Waals surface area (Å²) >= 11 is 0. The highest BCUT2D eigenvalue weighted by molar-refractivity contribution is 6.07. The lowest BCUT2D eigenvalue weighted by molar-refractivity contribution is 0.0948. The highest BCUT2D eigenvalue weighted by Gasteiger charge is 2.19. The minimum atomic E-state index is -0.135. The van der Waals surface area contributed by atoms with Crippen molar-refractivity contribution in [3.8, 4) is 0 Å². The molecule has 1 aliphatic rings. The van der Waals surface area contributed by atoms with Crippen LogP contribution in [-0.2, 0) is 0 Å². The van der Waals surface area contributed by atoms with Crippen molar-refractivity contribution in [3.63, 3.8) is 0 Å². The van der Waals surface area contributed by atoms with Gasteiger partial charge in [-0.3, -0.25) is 4.79 Å². The average molecular weight is 326 g/mol. The maximum atomic E-state index is 12.5. The topological polar surface area (TPSA) is 58.1 Å². The molecule has 5 nitrogen and oxygen atoms in total. The second-order valence-corrected chi connectivity index (χ2v) is 6.90. The van der Waals surface area contributed by atoms with Crippen LogP contribution in [0, 0.1) is 5.92 Å². The van der Waals surface area contributed by atoms with Gasteiger partial charge in [0.05, 0.1) is 0 Å². The summed E-state index contributed by atoms with van der Waals surface area (Å²) in [7, 11) is 0. The number of hydrogen-bond donors (Lipinski definition) is 1. The van der Waals surface area contributed by atoms with Gasteiger partial charge in [-0.2, -0.15) is 0 Å². The van der Waals surface area contributed by atoms with E-state index < -0.39 is 0 Å². The molecule has 1 saturated heterocycles. The summed E-state index contributed by atoms with van der Waals surface area (Å²) < 4.78 is 0. The summed E-state index contributed by atoms with van der Waals surface area (Å²) in [5.41, 5.74) is 0.426. The first-order valence-corrected chi connectivity index (χ1v) is 8.95. The predicted octanol–water partition coefficient (Wildman–Crippen LogP) is 3.40. The highest BCUT2D eigenvalue weighted by atomic mass is 16.1. The Labute approximate surface area is 143 Å². The molecule has 0 radical (unpaired) electrons. The van der Waals surface area contributed by atoms with Gasteiger partial charge in [-0.05, 0) is 31.6 Å². The van der Waals surface area contributed by atoms with Crippen LogP contribution in [0.2, 0.25) is 0 Å². The molecule has 1 fully saturated rings. The number of hydrogen-bond acceptors (Lipinski definition) is 4. The van der Waals surface area contributed by atoms with E-state index in [1.807, 2.05) is 24.3 Å². The van der Waals surface area contributed by atoms with Crippen LogP contribution in [-0.4, -0.2) is 35.7 Å². The molecular formula is C19H26N4O. The van der Waals surface area contributed by atoms with Crippen molar-refractivity contribution in [3.05, 3.63) is 30.0 Å². The van der Waals surface area contributed by atoms with Crippen LogP contribution in [0.5, 0.6) is 0 Å². The molecule has 5 heteroatoms. The molecule has 1 aromatic heterocycles. The maximum absolute atomic E-state index is 12.5. The van der Waals surface area contributed by atoms with Gasteiger partial charge in [0, 0.05) is 30.4 Å². The second kappa shape index (κ2) is 7.60. The van der Waals surface area contributed by atoms with Crippen molar-refractivity contribution in [2.24, 2.45) is 5.92 Å². The van der Waals surface area contributed by atoms with Crippen molar-refractivity contribution in [2.75, 3.05) is 24.5 Å². The lowest BCUT2D eigenvalue weighted by Gasteiger charge is -2.28. The molecule has 128 valence electrons. The van der Waals surface area contributed by atoms with Crippen molar-refractivity contribution in [1.82, 2.24) is 15.5 Å². The van der Waals surface area contributed by atoms with Gasteiger partial charge in [0.2, 0.25) is 0 Å². The summed E-state index contributed by atoms with van der Waals surface area (Å²) in [6.07, 6.45) is 4.61. The van der Waals surface area contributed by atoms with Gasteiger partial charge in [0.1, 0.15) is 0 Å². The Balaban J connectivity index is 1.89. The van der Waals surface area contributed by atoms with E-state index in [0.29, 0.717) is 18.2 Å². The van der Waals surface area contributed by atoms with Crippen LogP contribution in [0.1, 0.15) is 50.0 Å². The highest BCUT2D eigenvalue weighted by Crippen LogP contribution is 2.27. The number of nitrogens with zero attached hydrogens (tertiary/aromatic N) is 3. The molecule has 24 heavy (non-hydrogen) atoms. The van der Waals surface area contributed by atoms with Gasteiger partial charge < -0.3 is 10.2 Å². The average Bonchev–Trinajstić information content (AvgIpc) is 2.61. The number of piperidine rings is 1. The molecule has 0 atom stereocenters. The van der Waals surface area contributed by atoms with Gasteiger partial charge in [0.15, 0.2) is 11.5 Å². The zero-order valence-electron chi connectivity index (χ0n) is 14.6. The number of anilines is 1. The Kier molecular flexibility index (Phi) is 5.28. The number of amides is 1. The van der Waals surface area contributed by atoms with Gasteiger partial charge in [0.25, 0.3) is 5.91 Å². The Bertz CT molecular complexity index is 708. The van der Waals surface area contributed by atoms with E-state index in [9.17, 15) is 4.79 Å². The summed E-state index contributed by atoms with van der Waals surface area (Å²) in [5.74, 6) is 1.34. The van der Waals surface area contributed by atoms with Crippen LogP contribution in [0.3, 0.4) is 0 Å². The SMILES string of the molecule is CC(C)CCNC(=O)c1nnc(N2CCCCC2)c2ccccc12. The monoisotopic (exact) mass is 326 g/mol. The fourth-order valence-corrected chi connectivity index (χ4v) is 3.15. The number of rotatable bonds is 5. The Morgan fingerprint density at radius 1 is 1.12 bits per heavy atom. The van der Waals surface area contributed by atoms with Crippen LogP contribution in [0.25, 0.3) is 10.8 Å². The van der Waals surface area contributed by atoms with E-state index in [4.69, 9.17) is 0 Å². The fraction of sp³-hybridized carbons (Fsp3) is 0.526. The van der Waals surface area contributed by atoms with Crippen molar-refractivity contribution in [2.45, 2.75) is 39.5 Å². The molecule has 0 unspecified atom stereocenters. The van der Waals surface area contributed by atoms with Crippen LogP contribution < -0.4 is 10.2 Å². The maximum Gasteiger partial charge on any atom is 0.272 e. The van der Waals surface area contributed by atoms with Gasteiger partial charge in [-0.1, -0.05) is 38.1 Å². The van der Waals surface area contributed by atoms with E-state index in [-0.39, 0.29) is 5.91 Å². The van der Waals surface area contributed by atoms with Crippen LogP contribution in [0.4, 0.5) is 5.82 Å². The normalized spacial score (nSPS) is 15.0. The van der Waals surface area contributed by atoms with Crippen molar-refractivity contribution in [1.29, 1.82) is 0 Å². The third kappa shape index (κ3) is 3.66. The quantitative estimate of drug-likeness (QED) is 0.915. The van der Waals surface area contributed by atoms with Crippen LogP contribution in [0.15, 0.2) is 24.3 Å². The number of nitrogens with one attached hydrogen (secondary N) is 1. The minimum absolute atomic E-state index is 0.135. The fourth-order valence-electron chi connectivity index (χ4n) is 3.15. The van der Waals surface area contributed by atoms with Gasteiger partial charge in [-0.25, -0.2) is 0 Å². The second-order valence-electron chi connectivity index (χ2n) is 6.90. The Hall–Kier alpha value is -2.17. The number of aromatic nitrogens is 2. The Morgan fingerprint density at radius 3 is 2.54 bits per heavy atom. The molecule has 0 spiro atoms. The molecule has 3 rings (SSSR count). The molecule has 2 aromatic rings. The Morgan fingerprint density at radius 2 is 1.83 bits per heavy atom. The predicted molar refractivity (Wildman–Crippen MR) is 97.4 cm³/mol. The molecule has 1 aliphatic heterocycles. The standard InChI is InChI=1S/C19H26N4O/c1-14(2)10-11-20-19(24)17-15-8-4-5-9-16(15)18(22-21-17)23-12-6-3-7-13-23/h4-5,8-9,14H,3,6-7,10-13H2,1-2H3,(H,20,24). The van der Waals surface area contributed by atoms with Gasteiger partial charge >= 0.3 is 0 Å². The lowest BCUT2D eigenvalue weighted by atomic mass is 10.1. The molecule has 0 saturated carbocycles. The zero-order valence-corrected chi connectivity index (χ0v) is 14.6. The van der Waals surface area contributed by atoms with E-state index in [2.05, 4.69) is 34.3 Å². The summed E-state index contributed by atoms with van der Waals surface area (Å²) in [5, 5.41) is 13.6. The van der Waals surface area contributed by atoms with Crippen molar-refractivity contribution >= 4 is 22.5 Å². The van der Waals surface area contributed by atoms with Gasteiger partial charge in [-0.15, -0.1) is 10.2 Å². The first-order valence-electron chi connectivity index (χ1n) is 8.95. The smallest absolute Gasteiger partial charge is 0.272 e. The third-order valence-corrected chi connectivity index (χ3v) is 4.55. The molecular weight excluding hydrogens is 300 g/mol. The largest absolute Gasteiger partial charge is 0.355 e. The van der Waals surface area contributed by atoms with E-state index in [1.165, 1.54) is 19.3 Å². The molecule has 0 bridgehead atoms. The number of carbonyl (C=O) groups is 1. The lowest BCUT2D eigenvalue weighted by Crippen LogP contribution is -2.31. The molecule has 2 heterocycles. The summed E-state index contributed by atoms with van der Waals surface area (Å²) in [6.45, 7) is 6.99. The number of fused-ring (bicyclic) bond motifs is 1. The summed E-state index contributed by atoms with van der Waals surface area (Å²) in [6, 6.07) is 7.96. The number of benzene rings is 1. The first kappa shape index (κ1) is 16.7. The van der Waals surface area contributed by atoms with Crippen molar-refractivity contribution < 1.29 is 4.79 Å². The summed E-state index contributed by atoms with van der Waals surface area (Å²) in [4.78, 5) is 14.8. The molecule has 0 aliphatic carbocycles. The minimum Gasteiger partial charge on any atom is -0.355 e. The van der Waals surface area contributed by atoms with Crippen LogP contribution >= 0.6 is 0 Å². The molecule has 1 amide bonds. The molecule has 1 N–H and O–H groups in total. The third-order valence-electron chi connectivity index (χ3n) is 4.55.